The molecule has 0 aliphatic heterocycles. The Hall–Kier alpha value is -4.07. The Bertz CT molecular complexity index is 1290. The third-order valence-corrected chi connectivity index (χ3v) is 5.68. The first-order valence-corrected chi connectivity index (χ1v) is 10.7. The lowest BCUT2D eigenvalue weighted by atomic mass is 9.96. The first kappa shape index (κ1) is 23.1. The highest BCUT2D eigenvalue weighted by Gasteiger charge is 2.23. The average molecular weight is 464 g/mol. The van der Waals surface area contributed by atoms with Crippen molar-refractivity contribution in [2.24, 2.45) is 0 Å². The number of fused-ring (bicyclic) bond motifs is 2. The fraction of sp³-hybridized carbons (Fsp3) is 0.192. The molecule has 2 N–H and O–H groups in total. The van der Waals surface area contributed by atoms with Crippen LogP contribution in [0.5, 0.6) is 0 Å². The molecule has 174 valence electrons. The van der Waals surface area contributed by atoms with Crippen molar-refractivity contribution in [2.75, 3.05) is 19.0 Å². The number of esters is 1. The van der Waals surface area contributed by atoms with Crippen molar-refractivity contribution in [3.63, 3.8) is 0 Å². The number of ether oxygens (including phenoxy) is 1. The van der Waals surface area contributed by atoms with Crippen molar-refractivity contribution < 1.29 is 27.9 Å². The van der Waals surface area contributed by atoms with E-state index in [0.717, 1.165) is 23.3 Å². The third kappa shape index (κ3) is 4.96. The van der Waals surface area contributed by atoms with Gasteiger partial charge in [-0.2, -0.15) is 0 Å². The first-order chi connectivity index (χ1) is 16.4. The summed E-state index contributed by atoms with van der Waals surface area (Å²) < 4.78 is 31.7. The summed E-state index contributed by atoms with van der Waals surface area (Å²) in [5, 5.41) is 5.57. The molecule has 6 nitrogen and oxygen atoms in total. The number of aryl methyl sites for hydroxylation is 2. The van der Waals surface area contributed by atoms with Gasteiger partial charge in [-0.05, 0) is 66.4 Å². The van der Waals surface area contributed by atoms with Gasteiger partial charge in [0.2, 0.25) is 0 Å². The Morgan fingerprint density at radius 2 is 1.74 bits per heavy atom. The summed E-state index contributed by atoms with van der Waals surface area (Å²) in [5.41, 5.74) is 3.60. The van der Waals surface area contributed by atoms with E-state index in [1.165, 1.54) is 13.2 Å². The molecule has 0 heterocycles. The van der Waals surface area contributed by atoms with Crippen molar-refractivity contribution in [3.8, 4) is 0 Å². The Morgan fingerprint density at radius 1 is 0.941 bits per heavy atom. The molecule has 3 aromatic rings. The van der Waals surface area contributed by atoms with Crippen molar-refractivity contribution in [1.82, 2.24) is 5.32 Å². The molecule has 4 rings (SSSR count). The molecule has 0 fully saturated rings. The van der Waals surface area contributed by atoms with Gasteiger partial charge >= 0.3 is 5.97 Å². The summed E-state index contributed by atoms with van der Waals surface area (Å²) in [7, 11) is 1.28. The number of carbonyl (C=O) groups excluding carboxylic acids is 3. The SMILES string of the molecule is COC(=O)CCNC(=O)c1ccc2c(c1)C(=O)c1ccc(Nc3ccc(F)cc3F)cc1CC2. The van der Waals surface area contributed by atoms with Crippen LogP contribution < -0.4 is 10.6 Å². The first-order valence-electron chi connectivity index (χ1n) is 10.7. The van der Waals surface area contributed by atoms with Crippen LogP contribution in [-0.4, -0.2) is 31.3 Å². The van der Waals surface area contributed by atoms with Crippen molar-refractivity contribution in [1.29, 1.82) is 0 Å². The number of benzene rings is 3. The quantitative estimate of drug-likeness (QED) is 0.531. The van der Waals surface area contributed by atoms with Crippen LogP contribution in [0.15, 0.2) is 54.6 Å². The van der Waals surface area contributed by atoms with Crippen molar-refractivity contribution >= 4 is 29.0 Å². The van der Waals surface area contributed by atoms with E-state index in [4.69, 9.17) is 0 Å². The summed E-state index contributed by atoms with van der Waals surface area (Å²) in [5.74, 6) is -2.39. The predicted molar refractivity (Wildman–Crippen MR) is 122 cm³/mol. The Kier molecular flexibility index (Phi) is 6.67. The molecule has 34 heavy (non-hydrogen) atoms. The number of rotatable bonds is 6. The lowest BCUT2D eigenvalue weighted by molar-refractivity contribution is -0.140. The van der Waals surface area contributed by atoms with Crippen molar-refractivity contribution in [3.05, 3.63) is 94.0 Å². The largest absolute Gasteiger partial charge is 0.469 e. The van der Waals surface area contributed by atoms with E-state index >= 15 is 0 Å². The minimum absolute atomic E-state index is 0.0533. The molecule has 0 aromatic heterocycles. The Balaban J connectivity index is 1.54. The monoisotopic (exact) mass is 464 g/mol. The van der Waals surface area contributed by atoms with Gasteiger partial charge in [-0.3, -0.25) is 14.4 Å². The highest BCUT2D eigenvalue weighted by atomic mass is 19.1. The molecule has 1 aliphatic carbocycles. The number of hydrogen-bond donors (Lipinski definition) is 2. The van der Waals surface area contributed by atoms with E-state index in [1.807, 2.05) is 0 Å². The molecule has 0 radical (unpaired) electrons. The number of hydrogen-bond acceptors (Lipinski definition) is 5. The predicted octanol–water partition coefficient (Wildman–Crippen LogP) is 4.33. The minimum Gasteiger partial charge on any atom is -0.469 e. The average Bonchev–Trinajstić information content (AvgIpc) is 2.96. The smallest absolute Gasteiger partial charge is 0.307 e. The summed E-state index contributed by atoms with van der Waals surface area (Å²) in [6, 6.07) is 13.4. The summed E-state index contributed by atoms with van der Waals surface area (Å²) >= 11 is 0. The molecule has 0 saturated carbocycles. The topological polar surface area (TPSA) is 84.5 Å². The minimum atomic E-state index is -0.712. The summed E-state index contributed by atoms with van der Waals surface area (Å²) in [6.45, 7) is 0.129. The lowest BCUT2D eigenvalue weighted by Crippen LogP contribution is -2.26. The van der Waals surface area contributed by atoms with Crippen LogP contribution in [0.4, 0.5) is 20.2 Å². The van der Waals surface area contributed by atoms with Crippen LogP contribution in [0, 0.1) is 11.6 Å². The second-order valence-electron chi connectivity index (χ2n) is 7.90. The molecular formula is C26H22F2N2O4. The van der Waals surface area contributed by atoms with Crippen LogP contribution in [0.3, 0.4) is 0 Å². The maximum absolute atomic E-state index is 14.0. The van der Waals surface area contributed by atoms with Crippen LogP contribution >= 0.6 is 0 Å². The molecule has 3 aromatic carbocycles. The zero-order valence-electron chi connectivity index (χ0n) is 18.4. The van der Waals surface area contributed by atoms with Gasteiger partial charge in [-0.25, -0.2) is 8.78 Å². The fourth-order valence-corrected chi connectivity index (χ4v) is 3.89. The van der Waals surface area contributed by atoms with Crippen LogP contribution in [0.2, 0.25) is 0 Å². The van der Waals surface area contributed by atoms with Gasteiger partial charge in [0.05, 0.1) is 19.2 Å². The zero-order valence-corrected chi connectivity index (χ0v) is 18.4. The van der Waals surface area contributed by atoms with E-state index < -0.39 is 17.6 Å². The second-order valence-corrected chi connectivity index (χ2v) is 7.90. The standard InChI is InChI=1S/C26H22F2N2O4/c1-34-24(31)10-11-29-26(33)17-5-3-15-2-4-16-12-19(7-8-20(16)25(32)21(15)13-17)30-23-9-6-18(27)14-22(23)28/h3,5-9,12-14,30H,2,4,10-11H2,1H3,(H,29,33). The fourth-order valence-electron chi connectivity index (χ4n) is 3.89. The van der Waals surface area contributed by atoms with Gasteiger partial charge in [0.15, 0.2) is 5.78 Å². The Labute approximate surface area is 194 Å². The number of ketones is 1. The molecule has 0 spiro atoms. The van der Waals surface area contributed by atoms with E-state index in [9.17, 15) is 23.2 Å². The van der Waals surface area contributed by atoms with E-state index in [-0.39, 0.29) is 30.3 Å². The van der Waals surface area contributed by atoms with Gasteiger partial charge in [-0.15, -0.1) is 0 Å². The van der Waals surface area contributed by atoms with Crippen LogP contribution in [0.1, 0.15) is 43.8 Å². The van der Waals surface area contributed by atoms with E-state index in [1.54, 1.807) is 36.4 Å². The molecule has 0 bridgehead atoms. The molecule has 1 amide bonds. The molecular weight excluding hydrogens is 442 g/mol. The van der Waals surface area contributed by atoms with Gasteiger partial charge in [-0.1, -0.05) is 6.07 Å². The number of nitrogens with one attached hydrogen (secondary N) is 2. The van der Waals surface area contributed by atoms with Crippen LogP contribution in [-0.2, 0) is 22.4 Å². The third-order valence-electron chi connectivity index (χ3n) is 5.68. The van der Waals surface area contributed by atoms with Gasteiger partial charge in [0, 0.05) is 35.0 Å². The van der Waals surface area contributed by atoms with Gasteiger partial charge in [0.25, 0.3) is 5.91 Å². The molecule has 1 aliphatic rings. The number of halogens is 2. The number of amides is 1. The van der Waals surface area contributed by atoms with E-state index in [2.05, 4.69) is 15.4 Å². The van der Waals surface area contributed by atoms with Gasteiger partial charge < -0.3 is 15.4 Å². The molecule has 0 atom stereocenters. The second kappa shape index (κ2) is 9.82. The molecule has 0 saturated heterocycles. The van der Waals surface area contributed by atoms with E-state index in [0.29, 0.717) is 35.2 Å². The van der Waals surface area contributed by atoms with Crippen LogP contribution in [0.25, 0.3) is 0 Å². The maximum Gasteiger partial charge on any atom is 0.307 e. The lowest BCUT2D eigenvalue weighted by Gasteiger charge is -2.11. The zero-order chi connectivity index (χ0) is 24.2. The Morgan fingerprint density at radius 3 is 2.50 bits per heavy atom. The highest BCUT2D eigenvalue weighted by Crippen LogP contribution is 2.29. The van der Waals surface area contributed by atoms with Crippen molar-refractivity contribution in [2.45, 2.75) is 19.3 Å². The normalized spacial score (nSPS) is 12.3. The highest BCUT2D eigenvalue weighted by molar-refractivity contribution is 6.12. The number of methoxy groups -OCH3 is 1. The summed E-state index contributed by atoms with van der Waals surface area (Å²) in [4.78, 5) is 37.0. The van der Waals surface area contributed by atoms with Gasteiger partial charge in [0.1, 0.15) is 11.6 Å². The number of carbonyl (C=O) groups is 3. The molecule has 0 unspecified atom stereocenters. The summed E-state index contributed by atoms with van der Waals surface area (Å²) in [6.07, 6.45) is 1.23. The molecule has 8 heteroatoms. The maximum atomic E-state index is 14.0. The number of anilines is 2.